The van der Waals surface area contributed by atoms with Crippen molar-refractivity contribution in [1.29, 1.82) is 0 Å². The summed E-state index contributed by atoms with van der Waals surface area (Å²) in [4.78, 5) is 11.4. The van der Waals surface area contributed by atoms with Gasteiger partial charge in [-0.2, -0.15) is 0 Å². The molecule has 0 aliphatic heterocycles. The summed E-state index contributed by atoms with van der Waals surface area (Å²) >= 11 is 1.29. The Morgan fingerprint density at radius 3 is 2.69 bits per heavy atom. The lowest BCUT2D eigenvalue weighted by Gasteiger charge is -2.05. The van der Waals surface area contributed by atoms with Crippen LogP contribution in [0.4, 0.5) is 0 Å². The highest BCUT2D eigenvalue weighted by Gasteiger charge is 2.11. The molecule has 0 unspecified atom stereocenters. The number of amidine groups is 1. The molecule has 0 aliphatic rings. The third-order valence-corrected chi connectivity index (χ3v) is 2.61. The van der Waals surface area contributed by atoms with Crippen LogP contribution in [0.3, 0.4) is 0 Å². The van der Waals surface area contributed by atoms with E-state index in [-0.39, 0.29) is 28.1 Å². The Hall–Kier alpha value is -1.01. The Balaban J connectivity index is 0.00000225. The second-order valence-corrected chi connectivity index (χ2v) is 3.89. The van der Waals surface area contributed by atoms with E-state index < -0.39 is 0 Å². The van der Waals surface area contributed by atoms with E-state index in [9.17, 15) is 4.79 Å². The number of carbonyl (C=O) groups is 1. The van der Waals surface area contributed by atoms with Crippen LogP contribution >= 0.6 is 11.8 Å². The van der Waals surface area contributed by atoms with Crippen molar-refractivity contribution in [3.8, 4) is 0 Å². The van der Waals surface area contributed by atoms with Gasteiger partial charge in [0.25, 0.3) is 5.17 Å². The van der Waals surface area contributed by atoms with Gasteiger partial charge in [0.15, 0.2) is 0 Å². The molecule has 0 saturated carbocycles. The first-order valence-corrected chi connectivity index (χ1v) is 5.30. The summed E-state index contributed by atoms with van der Waals surface area (Å²) in [5.41, 5.74) is 6.75. The zero-order valence-electron chi connectivity index (χ0n) is 8.77. The number of carbonyl (C=O) groups excluding carboxylic acids is 1. The lowest BCUT2D eigenvalue weighted by Crippen LogP contribution is -3.00. The number of methoxy groups -OCH3 is 1. The number of hydrogen-bond donors (Lipinski definition) is 2. The second kappa shape index (κ2) is 7.29. The predicted molar refractivity (Wildman–Crippen MR) is 60.2 cm³/mol. The molecule has 0 aromatic heterocycles. The van der Waals surface area contributed by atoms with Crippen LogP contribution in [0.5, 0.6) is 0 Å². The highest BCUT2D eigenvalue weighted by atomic mass is 79.9. The monoisotopic (exact) mass is 304 g/mol. The van der Waals surface area contributed by atoms with Gasteiger partial charge in [0.2, 0.25) is 0 Å². The fourth-order valence-electron chi connectivity index (χ4n) is 1.12. The Labute approximate surface area is 109 Å². The Morgan fingerprint density at radius 2 is 2.12 bits per heavy atom. The average Bonchev–Trinajstić information content (AvgIpc) is 2.25. The Morgan fingerprint density at radius 1 is 1.50 bits per heavy atom. The zero-order valence-corrected chi connectivity index (χ0v) is 11.2. The van der Waals surface area contributed by atoms with E-state index in [1.54, 1.807) is 12.1 Å². The lowest BCUT2D eigenvalue weighted by molar-refractivity contribution is -0.110. The van der Waals surface area contributed by atoms with Gasteiger partial charge in [-0.25, -0.2) is 4.79 Å². The van der Waals surface area contributed by atoms with Gasteiger partial charge in [0.05, 0.1) is 12.7 Å². The van der Waals surface area contributed by atoms with Crippen molar-refractivity contribution in [2.24, 2.45) is 5.73 Å². The molecule has 1 aromatic carbocycles. The van der Waals surface area contributed by atoms with Gasteiger partial charge in [0.1, 0.15) is 0 Å². The molecule has 0 bridgehead atoms. The maximum Gasteiger partial charge on any atom is 0.338 e. The van der Waals surface area contributed by atoms with Gasteiger partial charge in [-0.15, -0.1) is 0 Å². The highest BCUT2D eigenvalue weighted by Crippen LogP contribution is 2.16. The molecule has 0 spiro atoms. The first-order chi connectivity index (χ1) is 7.15. The molecule has 0 heterocycles. The molecule has 0 amide bonds. The van der Waals surface area contributed by atoms with Crippen molar-refractivity contribution in [3.05, 3.63) is 35.4 Å². The van der Waals surface area contributed by atoms with Gasteiger partial charge >= 0.3 is 5.97 Å². The molecule has 0 fully saturated rings. The van der Waals surface area contributed by atoms with Crippen molar-refractivity contribution in [2.45, 2.75) is 5.75 Å². The van der Waals surface area contributed by atoms with Crippen LogP contribution in [0.2, 0.25) is 0 Å². The smallest absolute Gasteiger partial charge is 0.338 e. The largest absolute Gasteiger partial charge is 1.00 e. The second-order valence-electron chi connectivity index (χ2n) is 2.84. The van der Waals surface area contributed by atoms with Crippen LogP contribution in [0, 0.1) is 0 Å². The van der Waals surface area contributed by atoms with Crippen molar-refractivity contribution < 1.29 is 31.9 Å². The molecule has 16 heavy (non-hydrogen) atoms. The fraction of sp³-hybridized carbons (Fsp3) is 0.200. The predicted octanol–water partition coefficient (Wildman–Crippen LogP) is -3.22. The summed E-state index contributed by atoms with van der Waals surface area (Å²) in [5, 5.41) is 5.63. The van der Waals surface area contributed by atoms with E-state index in [2.05, 4.69) is 4.74 Å². The van der Waals surface area contributed by atoms with Crippen LogP contribution in [-0.2, 0) is 10.5 Å². The van der Waals surface area contributed by atoms with Crippen molar-refractivity contribution in [1.82, 2.24) is 0 Å². The third-order valence-electron chi connectivity index (χ3n) is 1.82. The average molecular weight is 305 g/mol. The summed E-state index contributed by atoms with van der Waals surface area (Å²) in [6.45, 7) is 0. The Bertz CT molecular complexity index is 385. The Kier molecular flexibility index (Phi) is 6.83. The minimum Gasteiger partial charge on any atom is -1.00 e. The topological polar surface area (TPSA) is 77.9 Å². The minimum absolute atomic E-state index is 0. The lowest BCUT2D eigenvalue weighted by atomic mass is 10.1. The van der Waals surface area contributed by atoms with Gasteiger partial charge < -0.3 is 21.7 Å². The molecule has 1 rings (SSSR count). The molecule has 4 N–H and O–H groups in total. The summed E-state index contributed by atoms with van der Waals surface area (Å²) in [6.07, 6.45) is 0. The molecule has 0 radical (unpaired) electrons. The zero-order chi connectivity index (χ0) is 11.3. The maximum atomic E-state index is 11.4. The molecular formula is C10H13BrN2O2S. The third kappa shape index (κ3) is 4.24. The summed E-state index contributed by atoms with van der Waals surface area (Å²) < 4.78 is 4.67. The summed E-state index contributed by atoms with van der Waals surface area (Å²) in [7, 11) is 1.36. The van der Waals surface area contributed by atoms with Crippen LogP contribution in [-0.4, -0.2) is 18.2 Å². The molecule has 1 aromatic rings. The SMILES string of the molecule is COC(=O)c1ccccc1CSC(N)=[NH2+].[Br-]. The van der Waals surface area contributed by atoms with E-state index in [0.29, 0.717) is 11.3 Å². The number of esters is 1. The number of rotatable bonds is 3. The first-order valence-electron chi connectivity index (χ1n) is 4.32. The highest BCUT2D eigenvalue weighted by molar-refractivity contribution is 8.12. The van der Waals surface area contributed by atoms with E-state index in [1.165, 1.54) is 18.9 Å². The van der Waals surface area contributed by atoms with Gasteiger partial charge in [-0.3, -0.25) is 11.1 Å². The number of nitrogens with two attached hydrogens (primary N) is 2. The normalized spacial score (nSPS) is 9.06. The molecule has 6 heteroatoms. The van der Waals surface area contributed by atoms with Crippen LogP contribution < -0.4 is 28.1 Å². The number of thioether (sulfide) groups is 1. The van der Waals surface area contributed by atoms with Crippen LogP contribution in [0.1, 0.15) is 15.9 Å². The number of halogens is 1. The van der Waals surface area contributed by atoms with Crippen molar-refractivity contribution in [3.63, 3.8) is 0 Å². The van der Waals surface area contributed by atoms with E-state index in [4.69, 9.17) is 11.1 Å². The fourth-order valence-corrected chi connectivity index (χ4v) is 1.69. The molecule has 0 saturated heterocycles. The molecule has 4 nitrogen and oxygen atoms in total. The van der Waals surface area contributed by atoms with E-state index in [0.717, 1.165) is 5.56 Å². The minimum atomic E-state index is -0.346. The number of hydrogen-bond acceptors (Lipinski definition) is 3. The molecule has 0 aliphatic carbocycles. The maximum absolute atomic E-state index is 11.4. The van der Waals surface area contributed by atoms with Crippen LogP contribution in [0.15, 0.2) is 24.3 Å². The number of ether oxygens (including phenoxy) is 1. The van der Waals surface area contributed by atoms with Gasteiger partial charge in [-0.05, 0) is 23.4 Å². The van der Waals surface area contributed by atoms with E-state index >= 15 is 0 Å². The summed E-state index contributed by atoms with van der Waals surface area (Å²) in [6, 6.07) is 7.21. The van der Waals surface area contributed by atoms with Gasteiger partial charge in [-0.1, -0.05) is 18.2 Å². The molecule has 0 atom stereocenters. The first kappa shape index (κ1) is 15.0. The number of benzene rings is 1. The van der Waals surface area contributed by atoms with Crippen molar-refractivity contribution in [2.75, 3.05) is 7.11 Å². The molecular weight excluding hydrogens is 292 g/mol. The van der Waals surface area contributed by atoms with Crippen LogP contribution in [0.25, 0.3) is 0 Å². The quantitative estimate of drug-likeness (QED) is 0.350. The summed E-state index contributed by atoms with van der Waals surface area (Å²) in [5.74, 6) is 0.218. The van der Waals surface area contributed by atoms with E-state index in [1.807, 2.05) is 12.1 Å². The van der Waals surface area contributed by atoms with Crippen molar-refractivity contribution >= 4 is 22.9 Å². The van der Waals surface area contributed by atoms with Gasteiger partial charge in [0, 0.05) is 5.75 Å². The standard InChI is InChI=1S/C10H12N2O2S.BrH/c1-14-9(13)8-5-3-2-4-7(8)6-15-10(11)12;/h2-5H,6H2,1H3,(H3,11,12);1H. The molecule has 88 valence electrons.